The normalized spacial score (nSPS) is 30.2. The van der Waals surface area contributed by atoms with Crippen LogP contribution in [0, 0.1) is 0 Å². The van der Waals surface area contributed by atoms with Crippen LogP contribution in [0.3, 0.4) is 0 Å². The second kappa shape index (κ2) is 8.92. The van der Waals surface area contributed by atoms with Crippen molar-refractivity contribution < 1.29 is 14.6 Å². The van der Waals surface area contributed by atoms with E-state index in [4.69, 9.17) is 9.47 Å². The van der Waals surface area contributed by atoms with Crippen molar-refractivity contribution in [2.75, 3.05) is 46.0 Å². The Morgan fingerprint density at radius 1 is 1.12 bits per heavy atom. The molecule has 3 rings (SSSR count). The van der Waals surface area contributed by atoms with E-state index in [0.717, 1.165) is 45.8 Å². The molecule has 5 heteroatoms. The summed E-state index contributed by atoms with van der Waals surface area (Å²) in [7, 11) is 0. The minimum atomic E-state index is -0.0626. The third-order valence-electron chi connectivity index (χ3n) is 4.96. The van der Waals surface area contributed by atoms with E-state index in [1.807, 2.05) is 0 Å². The van der Waals surface area contributed by atoms with E-state index in [9.17, 15) is 5.11 Å². The van der Waals surface area contributed by atoms with E-state index in [-0.39, 0.29) is 18.8 Å². The Hall–Kier alpha value is -0.980. The first-order chi connectivity index (χ1) is 11.7. The van der Waals surface area contributed by atoms with Crippen LogP contribution in [0.4, 0.5) is 0 Å². The van der Waals surface area contributed by atoms with Gasteiger partial charge in [0.2, 0.25) is 0 Å². The van der Waals surface area contributed by atoms with Crippen LogP contribution in [0.5, 0.6) is 0 Å². The summed E-state index contributed by atoms with van der Waals surface area (Å²) in [5, 5.41) is 9.36. The van der Waals surface area contributed by atoms with Gasteiger partial charge in [0.1, 0.15) is 0 Å². The van der Waals surface area contributed by atoms with E-state index in [2.05, 4.69) is 47.1 Å². The van der Waals surface area contributed by atoms with Gasteiger partial charge in [0, 0.05) is 45.4 Å². The zero-order chi connectivity index (χ0) is 16.8. The minimum Gasteiger partial charge on any atom is -0.394 e. The zero-order valence-corrected chi connectivity index (χ0v) is 14.6. The smallest absolute Gasteiger partial charge is 0.0933 e. The number of aliphatic hydroxyl groups excluding tert-OH is 1. The van der Waals surface area contributed by atoms with Crippen molar-refractivity contribution in [3.05, 3.63) is 35.9 Å². The maximum Gasteiger partial charge on any atom is 0.0933 e. The van der Waals surface area contributed by atoms with E-state index in [1.165, 1.54) is 5.56 Å². The standard InChI is InChI=1S/C19H30N2O3/c1-16-15-24-19(14-22)13-21(16)12-18-11-20(8-5-9-23-18)10-17-6-3-2-4-7-17/h2-4,6-7,16,18-19,22H,5,8-15H2,1H3/t16-,18-,19+/m1/s1. The average molecular weight is 334 g/mol. The summed E-state index contributed by atoms with van der Waals surface area (Å²) in [6, 6.07) is 11.0. The summed E-state index contributed by atoms with van der Waals surface area (Å²) in [6.45, 7) is 8.53. The fourth-order valence-corrected chi connectivity index (χ4v) is 3.57. The molecule has 2 aliphatic heterocycles. The molecular formula is C19H30N2O3. The quantitative estimate of drug-likeness (QED) is 0.881. The van der Waals surface area contributed by atoms with Crippen LogP contribution in [0.2, 0.25) is 0 Å². The van der Waals surface area contributed by atoms with Crippen molar-refractivity contribution >= 4 is 0 Å². The SMILES string of the molecule is C[C@@H]1CO[C@H](CO)CN1C[C@H]1CN(Cc2ccccc2)CCCO1. The number of rotatable bonds is 5. The predicted octanol–water partition coefficient (Wildman–Crippen LogP) is 1.36. The highest BCUT2D eigenvalue weighted by Crippen LogP contribution is 2.16. The Bertz CT molecular complexity index is 485. The number of hydrogen-bond donors (Lipinski definition) is 1. The first-order valence-electron chi connectivity index (χ1n) is 9.09. The molecule has 3 atom stereocenters. The molecule has 2 aliphatic rings. The van der Waals surface area contributed by atoms with E-state index < -0.39 is 0 Å². The molecule has 0 aromatic heterocycles. The fraction of sp³-hybridized carbons (Fsp3) is 0.684. The Morgan fingerprint density at radius 3 is 2.75 bits per heavy atom. The Labute approximate surface area is 145 Å². The molecule has 5 nitrogen and oxygen atoms in total. The first-order valence-corrected chi connectivity index (χ1v) is 9.09. The number of benzene rings is 1. The number of morpholine rings is 1. The van der Waals surface area contributed by atoms with Gasteiger partial charge >= 0.3 is 0 Å². The topological polar surface area (TPSA) is 45.2 Å². The summed E-state index contributed by atoms with van der Waals surface area (Å²) in [6.07, 6.45) is 1.24. The van der Waals surface area contributed by atoms with Crippen LogP contribution < -0.4 is 0 Å². The molecule has 2 heterocycles. The summed E-state index contributed by atoms with van der Waals surface area (Å²) < 4.78 is 11.7. The van der Waals surface area contributed by atoms with Crippen LogP contribution in [-0.2, 0) is 16.0 Å². The molecule has 134 valence electrons. The maximum absolute atomic E-state index is 9.36. The Balaban J connectivity index is 1.56. The molecule has 0 spiro atoms. The van der Waals surface area contributed by atoms with Crippen molar-refractivity contribution in [2.45, 2.75) is 38.1 Å². The summed E-state index contributed by atoms with van der Waals surface area (Å²) in [5.74, 6) is 0. The minimum absolute atomic E-state index is 0.0626. The summed E-state index contributed by atoms with van der Waals surface area (Å²) in [4.78, 5) is 4.91. The molecule has 1 aromatic carbocycles. The van der Waals surface area contributed by atoms with Crippen LogP contribution in [0.15, 0.2) is 30.3 Å². The summed E-state index contributed by atoms with van der Waals surface area (Å²) >= 11 is 0. The van der Waals surface area contributed by atoms with Gasteiger partial charge in [0.15, 0.2) is 0 Å². The van der Waals surface area contributed by atoms with Gasteiger partial charge in [-0.2, -0.15) is 0 Å². The second-order valence-corrected chi connectivity index (χ2v) is 7.01. The lowest BCUT2D eigenvalue weighted by molar-refractivity contribution is -0.0924. The molecule has 2 fully saturated rings. The molecule has 2 saturated heterocycles. The average Bonchev–Trinajstić information content (AvgIpc) is 2.83. The van der Waals surface area contributed by atoms with Crippen molar-refractivity contribution in [1.82, 2.24) is 9.80 Å². The Kier molecular flexibility index (Phi) is 6.63. The molecule has 0 amide bonds. The van der Waals surface area contributed by atoms with Gasteiger partial charge in [0.25, 0.3) is 0 Å². The third kappa shape index (κ3) is 5.01. The van der Waals surface area contributed by atoms with Crippen LogP contribution >= 0.6 is 0 Å². The van der Waals surface area contributed by atoms with Gasteiger partial charge in [0.05, 0.1) is 25.4 Å². The van der Waals surface area contributed by atoms with E-state index in [0.29, 0.717) is 12.6 Å². The highest BCUT2D eigenvalue weighted by atomic mass is 16.5. The highest BCUT2D eigenvalue weighted by Gasteiger charge is 2.29. The molecule has 0 radical (unpaired) electrons. The van der Waals surface area contributed by atoms with Crippen LogP contribution in [-0.4, -0.2) is 79.2 Å². The van der Waals surface area contributed by atoms with E-state index >= 15 is 0 Å². The molecular weight excluding hydrogens is 304 g/mol. The fourth-order valence-electron chi connectivity index (χ4n) is 3.57. The van der Waals surface area contributed by atoms with Crippen LogP contribution in [0.1, 0.15) is 18.9 Å². The number of nitrogens with zero attached hydrogens (tertiary/aromatic N) is 2. The number of hydrogen-bond acceptors (Lipinski definition) is 5. The number of aliphatic hydroxyl groups is 1. The molecule has 24 heavy (non-hydrogen) atoms. The molecule has 0 saturated carbocycles. The highest BCUT2D eigenvalue weighted by molar-refractivity contribution is 5.14. The van der Waals surface area contributed by atoms with Crippen molar-refractivity contribution in [2.24, 2.45) is 0 Å². The lowest BCUT2D eigenvalue weighted by atomic mass is 10.1. The first kappa shape index (κ1) is 17.8. The second-order valence-electron chi connectivity index (χ2n) is 7.01. The van der Waals surface area contributed by atoms with E-state index in [1.54, 1.807) is 0 Å². The molecule has 0 unspecified atom stereocenters. The predicted molar refractivity (Wildman–Crippen MR) is 93.9 cm³/mol. The van der Waals surface area contributed by atoms with Gasteiger partial charge in [-0.05, 0) is 18.9 Å². The van der Waals surface area contributed by atoms with Crippen molar-refractivity contribution in [1.29, 1.82) is 0 Å². The third-order valence-corrected chi connectivity index (χ3v) is 4.96. The van der Waals surface area contributed by atoms with Gasteiger partial charge in [-0.3, -0.25) is 9.80 Å². The largest absolute Gasteiger partial charge is 0.394 e. The van der Waals surface area contributed by atoms with Crippen molar-refractivity contribution in [3.8, 4) is 0 Å². The molecule has 1 N–H and O–H groups in total. The maximum atomic E-state index is 9.36. The zero-order valence-electron chi connectivity index (χ0n) is 14.6. The molecule has 0 aliphatic carbocycles. The van der Waals surface area contributed by atoms with Gasteiger partial charge in [-0.15, -0.1) is 0 Å². The van der Waals surface area contributed by atoms with Gasteiger partial charge in [-0.1, -0.05) is 30.3 Å². The monoisotopic (exact) mass is 334 g/mol. The summed E-state index contributed by atoms with van der Waals surface area (Å²) in [5.41, 5.74) is 1.36. The van der Waals surface area contributed by atoms with Gasteiger partial charge < -0.3 is 14.6 Å². The van der Waals surface area contributed by atoms with Crippen LogP contribution in [0.25, 0.3) is 0 Å². The number of ether oxygens (including phenoxy) is 2. The van der Waals surface area contributed by atoms with Gasteiger partial charge in [-0.25, -0.2) is 0 Å². The molecule has 0 bridgehead atoms. The Morgan fingerprint density at radius 2 is 1.96 bits per heavy atom. The van der Waals surface area contributed by atoms with Crippen molar-refractivity contribution in [3.63, 3.8) is 0 Å². The molecule has 1 aromatic rings. The lowest BCUT2D eigenvalue weighted by Gasteiger charge is -2.39. The lowest BCUT2D eigenvalue weighted by Crippen LogP contribution is -2.53.